The highest BCUT2D eigenvalue weighted by molar-refractivity contribution is 5.92. The van der Waals surface area contributed by atoms with Crippen LogP contribution >= 0.6 is 0 Å². The Morgan fingerprint density at radius 1 is 1.33 bits per heavy atom. The van der Waals surface area contributed by atoms with Gasteiger partial charge in [-0.25, -0.2) is 0 Å². The first-order valence-corrected chi connectivity index (χ1v) is 7.35. The van der Waals surface area contributed by atoms with Crippen molar-refractivity contribution in [2.75, 3.05) is 0 Å². The molecule has 1 amide bonds. The molecule has 21 heavy (non-hydrogen) atoms. The quantitative estimate of drug-likeness (QED) is 0.525. The third kappa shape index (κ3) is 3.12. The van der Waals surface area contributed by atoms with Crippen LogP contribution in [0.5, 0.6) is 0 Å². The number of non-ortho nitro benzene ring substituents is 1. The minimum absolute atomic E-state index is 0.0330. The third-order valence-corrected chi connectivity index (χ3v) is 4.57. The van der Waals surface area contributed by atoms with Gasteiger partial charge in [0.05, 0.1) is 4.92 Å². The molecule has 0 aliphatic heterocycles. The third-order valence-electron chi connectivity index (χ3n) is 4.57. The number of nitrogens with zero attached hydrogens (tertiary/aromatic N) is 1. The number of nitrogens with one attached hydrogen (secondary N) is 1. The van der Waals surface area contributed by atoms with Crippen molar-refractivity contribution in [2.45, 2.75) is 31.7 Å². The number of carbonyl (C=O) groups is 1. The van der Waals surface area contributed by atoms with E-state index in [2.05, 4.69) is 5.32 Å². The van der Waals surface area contributed by atoms with E-state index in [4.69, 9.17) is 0 Å². The van der Waals surface area contributed by atoms with E-state index in [1.165, 1.54) is 37.5 Å². The molecule has 3 atom stereocenters. The smallest absolute Gasteiger partial charge is 0.270 e. The van der Waals surface area contributed by atoms with Gasteiger partial charge in [0.1, 0.15) is 0 Å². The molecule has 0 spiro atoms. The van der Waals surface area contributed by atoms with E-state index < -0.39 is 4.92 Å². The lowest BCUT2D eigenvalue weighted by Gasteiger charge is -2.22. The van der Waals surface area contributed by atoms with Gasteiger partial charge in [0.25, 0.3) is 5.69 Å². The monoisotopic (exact) mass is 286 g/mol. The molecular weight excluding hydrogens is 268 g/mol. The Morgan fingerprint density at radius 3 is 2.86 bits per heavy atom. The summed E-state index contributed by atoms with van der Waals surface area (Å²) in [6, 6.07) is 6.57. The van der Waals surface area contributed by atoms with Crippen LogP contribution in [0.15, 0.2) is 30.3 Å². The van der Waals surface area contributed by atoms with Crippen molar-refractivity contribution in [3.63, 3.8) is 0 Å². The zero-order valence-electron chi connectivity index (χ0n) is 11.7. The minimum Gasteiger partial charge on any atom is -0.350 e. The molecule has 2 bridgehead atoms. The van der Waals surface area contributed by atoms with Crippen LogP contribution in [0.4, 0.5) is 5.69 Å². The van der Waals surface area contributed by atoms with Crippen molar-refractivity contribution in [3.05, 3.63) is 46.0 Å². The highest BCUT2D eigenvalue weighted by atomic mass is 16.6. The molecule has 0 aromatic heterocycles. The van der Waals surface area contributed by atoms with Crippen LogP contribution in [-0.4, -0.2) is 16.9 Å². The zero-order chi connectivity index (χ0) is 14.8. The average molecular weight is 286 g/mol. The van der Waals surface area contributed by atoms with Crippen LogP contribution in [0, 0.1) is 22.0 Å². The fourth-order valence-electron chi connectivity index (χ4n) is 3.57. The van der Waals surface area contributed by atoms with Crippen LogP contribution in [0.2, 0.25) is 0 Å². The summed E-state index contributed by atoms with van der Waals surface area (Å²) in [4.78, 5) is 22.2. The summed E-state index contributed by atoms with van der Waals surface area (Å²) in [5, 5.41) is 13.8. The zero-order valence-corrected chi connectivity index (χ0v) is 11.7. The second-order valence-corrected chi connectivity index (χ2v) is 5.98. The molecule has 0 radical (unpaired) electrons. The Morgan fingerprint density at radius 2 is 2.19 bits per heavy atom. The van der Waals surface area contributed by atoms with Crippen LogP contribution in [0.25, 0.3) is 6.08 Å². The van der Waals surface area contributed by atoms with Crippen molar-refractivity contribution >= 4 is 17.7 Å². The predicted octanol–water partition coefficient (Wildman–Crippen LogP) is 2.91. The number of carbonyl (C=O) groups excluding carboxylic acids is 1. The van der Waals surface area contributed by atoms with Gasteiger partial charge in [-0.15, -0.1) is 0 Å². The summed E-state index contributed by atoms with van der Waals surface area (Å²) in [7, 11) is 0. The van der Waals surface area contributed by atoms with E-state index in [9.17, 15) is 14.9 Å². The average Bonchev–Trinajstić information content (AvgIpc) is 3.08. The second kappa shape index (κ2) is 5.68. The Bertz CT molecular complexity index is 597. The summed E-state index contributed by atoms with van der Waals surface area (Å²) in [5.74, 6) is 1.32. The van der Waals surface area contributed by atoms with Gasteiger partial charge in [0.2, 0.25) is 5.91 Å². The SMILES string of the molecule is O=C(/C=C/c1cccc([N+](=O)[O-])c1)NC1CC2CCC1C2. The van der Waals surface area contributed by atoms with Crippen LogP contribution in [-0.2, 0) is 4.79 Å². The molecule has 110 valence electrons. The van der Waals surface area contributed by atoms with Gasteiger partial charge in [-0.2, -0.15) is 0 Å². The number of rotatable bonds is 4. The van der Waals surface area contributed by atoms with E-state index >= 15 is 0 Å². The highest BCUT2D eigenvalue weighted by Crippen LogP contribution is 2.44. The maximum atomic E-state index is 11.9. The number of amides is 1. The van der Waals surface area contributed by atoms with E-state index in [1.54, 1.807) is 18.2 Å². The first-order valence-electron chi connectivity index (χ1n) is 7.35. The maximum Gasteiger partial charge on any atom is 0.270 e. The molecule has 2 saturated carbocycles. The summed E-state index contributed by atoms with van der Waals surface area (Å²) < 4.78 is 0. The van der Waals surface area contributed by atoms with Gasteiger partial charge in [0.15, 0.2) is 0 Å². The molecule has 1 aromatic rings. The van der Waals surface area contributed by atoms with Gasteiger partial charge in [-0.1, -0.05) is 18.6 Å². The largest absolute Gasteiger partial charge is 0.350 e. The standard InChI is InChI=1S/C16H18N2O3/c19-16(17-15-10-12-4-6-13(15)8-12)7-5-11-2-1-3-14(9-11)18(20)21/h1-3,5,7,9,12-13,15H,4,6,8,10H2,(H,17,19)/b7-5+. The number of nitro benzene ring substituents is 1. The summed E-state index contributed by atoms with van der Waals surface area (Å²) in [5.41, 5.74) is 0.693. The maximum absolute atomic E-state index is 11.9. The van der Waals surface area contributed by atoms with Crippen LogP contribution < -0.4 is 5.32 Å². The Kier molecular flexibility index (Phi) is 3.73. The summed E-state index contributed by atoms with van der Waals surface area (Å²) >= 11 is 0. The Labute approximate surface area is 123 Å². The summed E-state index contributed by atoms with van der Waals surface area (Å²) in [6.45, 7) is 0. The van der Waals surface area contributed by atoms with Crippen LogP contribution in [0.1, 0.15) is 31.2 Å². The second-order valence-electron chi connectivity index (χ2n) is 5.98. The molecule has 3 rings (SSSR count). The first kappa shape index (κ1) is 13.8. The topological polar surface area (TPSA) is 72.2 Å². The molecule has 0 saturated heterocycles. The molecule has 5 nitrogen and oxygen atoms in total. The first-order chi connectivity index (χ1) is 10.1. The van der Waals surface area contributed by atoms with E-state index in [-0.39, 0.29) is 11.6 Å². The molecule has 2 aliphatic rings. The molecule has 3 unspecified atom stereocenters. The van der Waals surface area contributed by atoms with Crippen molar-refractivity contribution in [2.24, 2.45) is 11.8 Å². The number of hydrogen-bond acceptors (Lipinski definition) is 3. The summed E-state index contributed by atoms with van der Waals surface area (Å²) in [6.07, 6.45) is 7.96. The van der Waals surface area contributed by atoms with Crippen molar-refractivity contribution in [3.8, 4) is 0 Å². The highest BCUT2D eigenvalue weighted by Gasteiger charge is 2.39. The molecule has 5 heteroatoms. The predicted molar refractivity (Wildman–Crippen MR) is 79.5 cm³/mol. The van der Waals surface area contributed by atoms with Gasteiger partial charge in [-0.3, -0.25) is 14.9 Å². The minimum atomic E-state index is -0.438. The molecule has 2 aliphatic carbocycles. The fourth-order valence-corrected chi connectivity index (χ4v) is 3.57. The normalized spacial score (nSPS) is 27.1. The van der Waals surface area contributed by atoms with Crippen LogP contribution in [0.3, 0.4) is 0 Å². The molecule has 1 N–H and O–H groups in total. The van der Waals surface area contributed by atoms with Crippen molar-refractivity contribution in [1.82, 2.24) is 5.32 Å². The molecule has 0 heterocycles. The van der Waals surface area contributed by atoms with E-state index in [0.29, 0.717) is 17.5 Å². The fraction of sp³-hybridized carbons (Fsp3) is 0.438. The number of fused-ring (bicyclic) bond motifs is 2. The molecule has 2 fully saturated rings. The molecule has 1 aromatic carbocycles. The van der Waals surface area contributed by atoms with E-state index in [0.717, 1.165) is 12.3 Å². The number of hydrogen-bond donors (Lipinski definition) is 1. The molecular formula is C16H18N2O3. The van der Waals surface area contributed by atoms with Gasteiger partial charge in [0, 0.05) is 24.3 Å². The Balaban J connectivity index is 1.59. The van der Waals surface area contributed by atoms with Gasteiger partial charge >= 0.3 is 0 Å². The van der Waals surface area contributed by atoms with Crippen molar-refractivity contribution < 1.29 is 9.72 Å². The number of nitro groups is 1. The van der Waals surface area contributed by atoms with Gasteiger partial charge in [-0.05, 0) is 42.7 Å². The lowest BCUT2D eigenvalue weighted by Crippen LogP contribution is -2.37. The van der Waals surface area contributed by atoms with Crippen molar-refractivity contribution in [1.29, 1.82) is 0 Å². The van der Waals surface area contributed by atoms with Gasteiger partial charge < -0.3 is 5.32 Å². The number of benzene rings is 1. The van der Waals surface area contributed by atoms with E-state index in [1.807, 2.05) is 0 Å². The Hall–Kier alpha value is -2.17. The lowest BCUT2D eigenvalue weighted by atomic mass is 9.95. The lowest BCUT2D eigenvalue weighted by molar-refractivity contribution is -0.384.